The zero-order chi connectivity index (χ0) is 38.0. The van der Waals surface area contributed by atoms with Crippen LogP contribution in [0.1, 0.15) is 232 Å². The Balaban J connectivity index is 3.66. The van der Waals surface area contributed by atoms with E-state index in [-0.39, 0.29) is 18.9 Å². The highest BCUT2D eigenvalue weighted by Crippen LogP contribution is 2.15. The SMILES string of the molecule is CCCCCCCCCC/C=C/CC/C=C/C(O)C(CO)NC(=O)CC(O)CCCCCCCCC/C=C\CCCCCCCCCCCCCC. The number of hydrogen-bond acceptors (Lipinski definition) is 4. The van der Waals surface area contributed by atoms with Gasteiger partial charge in [0.15, 0.2) is 0 Å². The molecule has 0 radical (unpaired) electrons. The van der Waals surface area contributed by atoms with E-state index in [2.05, 4.69) is 43.5 Å². The fourth-order valence-corrected chi connectivity index (χ4v) is 6.88. The van der Waals surface area contributed by atoms with E-state index in [4.69, 9.17) is 0 Å². The molecule has 3 unspecified atom stereocenters. The average molecular weight is 732 g/mol. The number of hydrogen-bond donors (Lipinski definition) is 4. The van der Waals surface area contributed by atoms with Gasteiger partial charge in [-0.3, -0.25) is 4.79 Å². The largest absolute Gasteiger partial charge is 0.394 e. The van der Waals surface area contributed by atoms with Crippen molar-refractivity contribution in [2.45, 2.75) is 250 Å². The Bertz CT molecular complexity index is 809. The van der Waals surface area contributed by atoms with Crippen molar-refractivity contribution in [3.8, 4) is 0 Å². The third-order valence-electron chi connectivity index (χ3n) is 10.4. The fraction of sp³-hybridized carbons (Fsp3) is 0.851. The Hall–Kier alpha value is -1.43. The molecule has 4 N–H and O–H groups in total. The second-order valence-electron chi connectivity index (χ2n) is 15.6. The Labute approximate surface area is 324 Å². The standard InChI is InChI=1S/C47H89NO4/c1-3-5-7-9-11-13-15-17-19-20-21-22-23-24-25-26-27-28-30-32-34-36-38-40-44(50)42-47(52)48-45(43-49)46(51)41-39-37-35-33-31-29-18-16-14-12-10-8-6-4-2/h24-25,31,33,39,41,44-46,49-51H,3-23,26-30,32,34-38,40,42-43H2,1-2H3,(H,48,52)/b25-24-,33-31+,41-39+. The van der Waals surface area contributed by atoms with Crippen molar-refractivity contribution >= 4 is 5.91 Å². The van der Waals surface area contributed by atoms with Gasteiger partial charge in [-0.25, -0.2) is 0 Å². The molecule has 3 atom stereocenters. The number of amides is 1. The molecule has 0 aliphatic carbocycles. The molecule has 0 saturated heterocycles. The average Bonchev–Trinajstić information content (AvgIpc) is 3.14. The highest BCUT2D eigenvalue weighted by molar-refractivity contribution is 5.76. The van der Waals surface area contributed by atoms with Gasteiger partial charge in [0.25, 0.3) is 0 Å². The summed E-state index contributed by atoms with van der Waals surface area (Å²) in [7, 11) is 0. The fourth-order valence-electron chi connectivity index (χ4n) is 6.88. The molecule has 0 heterocycles. The van der Waals surface area contributed by atoms with E-state index in [1.807, 2.05) is 6.08 Å². The summed E-state index contributed by atoms with van der Waals surface area (Å²) in [5, 5.41) is 33.2. The summed E-state index contributed by atoms with van der Waals surface area (Å²) in [6, 6.07) is -0.761. The highest BCUT2D eigenvalue weighted by atomic mass is 16.3. The van der Waals surface area contributed by atoms with Crippen LogP contribution in [0.2, 0.25) is 0 Å². The maximum absolute atomic E-state index is 12.4. The van der Waals surface area contributed by atoms with Crippen molar-refractivity contribution in [3.63, 3.8) is 0 Å². The van der Waals surface area contributed by atoms with Crippen LogP contribution in [-0.2, 0) is 4.79 Å². The van der Waals surface area contributed by atoms with Crippen LogP contribution in [0.5, 0.6) is 0 Å². The Morgan fingerprint density at radius 1 is 0.481 bits per heavy atom. The number of aliphatic hydroxyl groups is 3. The molecule has 1 amide bonds. The number of allylic oxidation sites excluding steroid dienone is 5. The molecule has 0 aromatic heterocycles. The van der Waals surface area contributed by atoms with E-state index in [1.165, 1.54) is 173 Å². The molecule has 306 valence electrons. The maximum atomic E-state index is 12.4. The number of aliphatic hydroxyl groups excluding tert-OH is 3. The Morgan fingerprint density at radius 3 is 1.23 bits per heavy atom. The number of nitrogens with one attached hydrogen (secondary N) is 1. The number of rotatable bonds is 41. The lowest BCUT2D eigenvalue weighted by molar-refractivity contribution is -0.124. The predicted octanol–water partition coefficient (Wildman–Crippen LogP) is 13.2. The van der Waals surface area contributed by atoms with Gasteiger partial charge in [0.05, 0.1) is 31.3 Å². The monoisotopic (exact) mass is 732 g/mol. The van der Waals surface area contributed by atoms with Gasteiger partial charge in [0.1, 0.15) is 0 Å². The quantitative estimate of drug-likeness (QED) is 0.0372. The normalized spacial score (nSPS) is 13.9. The van der Waals surface area contributed by atoms with Crippen molar-refractivity contribution < 1.29 is 20.1 Å². The van der Waals surface area contributed by atoms with Gasteiger partial charge in [-0.05, 0) is 57.8 Å². The van der Waals surface area contributed by atoms with Crippen LogP contribution < -0.4 is 5.32 Å². The molecule has 0 aliphatic rings. The van der Waals surface area contributed by atoms with Crippen LogP contribution in [0.4, 0.5) is 0 Å². The van der Waals surface area contributed by atoms with Gasteiger partial charge in [-0.1, -0.05) is 204 Å². The summed E-state index contributed by atoms with van der Waals surface area (Å²) < 4.78 is 0. The van der Waals surface area contributed by atoms with Crippen molar-refractivity contribution in [1.29, 1.82) is 0 Å². The van der Waals surface area contributed by atoms with Gasteiger partial charge in [-0.2, -0.15) is 0 Å². The van der Waals surface area contributed by atoms with Crippen LogP contribution in [0, 0.1) is 0 Å². The first-order valence-electron chi connectivity index (χ1n) is 22.8. The molecular formula is C47H89NO4. The van der Waals surface area contributed by atoms with Gasteiger partial charge in [0.2, 0.25) is 5.91 Å². The van der Waals surface area contributed by atoms with Crippen LogP contribution in [0.25, 0.3) is 0 Å². The minimum atomic E-state index is -0.951. The molecule has 0 aromatic rings. The zero-order valence-electron chi connectivity index (χ0n) is 34.7. The van der Waals surface area contributed by atoms with Crippen molar-refractivity contribution in [2.75, 3.05) is 6.61 Å². The van der Waals surface area contributed by atoms with E-state index in [1.54, 1.807) is 6.08 Å². The Morgan fingerprint density at radius 2 is 0.827 bits per heavy atom. The summed E-state index contributed by atoms with van der Waals surface area (Å²) in [6.45, 7) is 4.20. The van der Waals surface area contributed by atoms with Crippen LogP contribution >= 0.6 is 0 Å². The molecule has 0 bridgehead atoms. The number of unbranched alkanes of at least 4 members (excludes halogenated alkanes) is 28. The zero-order valence-corrected chi connectivity index (χ0v) is 34.7. The van der Waals surface area contributed by atoms with Crippen LogP contribution in [0.3, 0.4) is 0 Å². The molecule has 5 heteroatoms. The number of carbonyl (C=O) groups excluding carboxylic acids is 1. The first-order valence-corrected chi connectivity index (χ1v) is 22.8. The van der Waals surface area contributed by atoms with Crippen LogP contribution in [0.15, 0.2) is 36.5 Å². The third kappa shape index (κ3) is 38.3. The van der Waals surface area contributed by atoms with Crippen molar-refractivity contribution in [3.05, 3.63) is 36.5 Å². The topological polar surface area (TPSA) is 89.8 Å². The molecule has 0 spiro atoms. The van der Waals surface area contributed by atoms with Gasteiger partial charge >= 0.3 is 0 Å². The predicted molar refractivity (Wildman–Crippen MR) is 227 cm³/mol. The van der Waals surface area contributed by atoms with Gasteiger partial charge < -0.3 is 20.6 Å². The maximum Gasteiger partial charge on any atom is 0.222 e. The summed E-state index contributed by atoms with van der Waals surface area (Å²) in [4.78, 5) is 12.4. The van der Waals surface area contributed by atoms with E-state index in [9.17, 15) is 20.1 Å². The van der Waals surface area contributed by atoms with Crippen molar-refractivity contribution in [1.82, 2.24) is 5.32 Å². The van der Waals surface area contributed by atoms with Crippen LogP contribution in [-0.4, -0.2) is 46.1 Å². The minimum absolute atomic E-state index is 0.00339. The highest BCUT2D eigenvalue weighted by Gasteiger charge is 2.20. The van der Waals surface area contributed by atoms with Gasteiger partial charge in [0, 0.05) is 0 Å². The molecular weight excluding hydrogens is 643 g/mol. The summed E-state index contributed by atoms with van der Waals surface area (Å²) in [5.74, 6) is -0.328. The van der Waals surface area contributed by atoms with E-state index < -0.39 is 18.2 Å². The smallest absolute Gasteiger partial charge is 0.222 e. The summed E-state index contributed by atoms with van der Waals surface area (Å²) >= 11 is 0. The molecule has 0 aromatic carbocycles. The first-order chi connectivity index (χ1) is 25.5. The second kappa shape index (κ2) is 42.3. The Kier molecular flexibility index (Phi) is 41.1. The summed E-state index contributed by atoms with van der Waals surface area (Å²) in [5.41, 5.74) is 0. The lowest BCUT2D eigenvalue weighted by atomic mass is 10.0. The molecule has 0 rings (SSSR count). The first kappa shape index (κ1) is 50.6. The van der Waals surface area contributed by atoms with Gasteiger partial charge in [-0.15, -0.1) is 0 Å². The molecule has 0 aliphatic heterocycles. The molecule has 0 saturated carbocycles. The van der Waals surface area contributed by atoms with Crippen molar-refractivity contribution in [2.24, 2.45) is 0 Å². The number of carbonyl (C=O) groups is 1. The second-order valence-corrected chi connectivity index (χ2v) is 15.6. The molecule has 0 fully saturated rings. The lowest BCUT2D eigenvalue weighted by Gasteiger charge is -2.21. The van der Waals surface area contributed by atoms with E-state index in [0.717, 1.165) is 32.1 Å². The molecule has 5 nitrogen and oxygen atoms in total. The molecule has 52 heavy (non-hydrogen) atoms. The van der Waals surface area contributed by atoms with E-state index >= 15 is 0 Å². The van der Waals surface area contributed by atoms with E-state index in [0.29, 0.717) is 6.42 Å². The minimum Gasteiger partial charge on any atom is -0.394 e. The third-order valence-corrected chi connectivity index (χ3v) is 10.4. The summed E-state index contributed by atoms with van der Waals surface area (Å²) in [6.07, 6.45) is 52.9. The lowest BCUT2D eigenvalue weighted by Crippen LogP contribution is -2.45.